The van der Waals surface area contributed by atoms with E-state index >= 15 is 0 Å². The quantitative estimate of drug-likeness (QED) is 0.793. The molecule has 1 aromatic rings. The van der Waals surface area contributed by atoms with Gasteiger partial charge in [-0.2, -0.15) is 4.31 Å². The van der Waals surface area contributed by atoms with Crippen molar-refractivity contribution in [2.45, 2.75) is 50.7 Å². The van der Waals surface area contributed by atoms with Gasteiger partial charge in [0.15, 0.2) is 0 Å². The highest BCUT2D eigenvalue weighted by atomic mass is 32.2. The third-order valence-electron chi connectivity index (χ3n) is 5.46. The summed E-state index contributed by atoms with van der Waals surface area (Å²) >= 11 is 0. The largest absolute Gasteiger partial charge is 0.373 e. The van der Waals surface area contributed by atoms with Crippen molar-refractivity contribution >= 4 is 15.9 Å². The number of carbonyl (C=O) groups excluding carboxylic acids is 1. The molecule has 1 heterocycles. The minimum atomic E-state index is -3.46. The van der Waals surface area contributed by atoms with E-state index in [4.69, 9.17) is 4.74 Å². The van der Waals surface area contributed by atoms with Gasteiger partial charge in [0, 0.05) is 19.6 Å². The number of ether oxygens (including phenoxy) is 1. The predicted octanol–water partition coefficient (Wildman–Crippen LogP) is 1.80. The van der Waals surface area contributed by atoms with Crippen LogP contribution in [0.25, 0.3) is 0 Å². The number of amides is 1. The lowest BCUT2D eigenvalue weighted by Crippen LogP contribution is -2.52. The van der Waals surface area contributed by atoms with Gasteiger partial charge in [-0.3, -0.25) is 4.79 Å². The van der Waals surface area contributed by atoms with Crippen LogP contribution < -0.4 is 5.32 Å². The van der Waals surface area contributed by atoms with E-state index in [0.29, 0.717) is 25.9 Å². The summed E-state index contributed by atoms with van der Waals surface area (Å²) in [6.45, 7) is 4.43. The van der Waals surface area contributed by atoms with Crippen LogP contribution in [-0.4, -0.2) is 56.2 Å². The Morgan fingerprint density at radius 2 is 1.81 bits per heavy atom. The summed E-state index contributed by atoms with van der Waals surface area (Å²) < 4.78 is 45.4. The Kier molecular flexibility index (Phi) is 5.88. The molecule has 0 spiro atoms. The number of hydrogen-bond acceptors (Lipinski definition) is 4. The highest BCUT2D eigenvalue weighted by molar-refractivity contribution is 7.89. The van der Waals surface area contributed by atoms with Gasteiger partial charge in [-0.15, -0.1) is 0 Å². The number of benzene rings is 1. The van der Waals surface area contributed by atoms with Crippen molar-refractivity contribution in [3.63, 3.8) is 0 Å². The zero-order valence-corrected chi connectivity index (χ0v) is 16.6. The van der Waals surface area contributed by atoms with E-state index in [1.165, 1.54) is 16.4 Å². The summed E-state index contributed by atoms with van der Waals surface area (Å²) in [6.07, 6.45) is 2.02. The molecule has 6 nitrogen and oxygen atoms in total. The average molecular weight is 399 g/mol. The van der Waals surface area contributed by atoms with Crippen molar-refractivity contribution in [3.8, 4) is 0 Å². The standard InChI is InChI=1S/C19H27FN2O4S/c1-14-12-22(13-15(2)26-14)27(24,25)11-10-21-18(23)19(8-3-9-19)16-4-6-17(20)7-5-16/h4-7,14-15H,3,8-13H2,1-2H3,(H,21,23)/t14-,15-/m0/s1. The molecule has 27 heavy (non-hydrogen) atoms. The van der Waals surface area contributed by atoms with Crippen molar-refractivity contribution in [3.05, 3.63) is 35.6 Å². The Morgan fingerprint density at radius 3 is 2.33 bits per heavy atom. The number of nitrogens with zero attached hydrogens (tertiary/aromatic N) is 1. The summed E-state index contributed by atoms with van der Waals surface area (Å²) in [5, 5.41) is 2.79. The van der Waals surface area contributed by atoms with Crippen LogP contribution in [0.2, 0.25) is 0 Å². The molecule has 0 radical (unpaired) electrons. The van der Waals surface area contributed by atoms with Crippen LogP contribution in [0.15, 0.2) is 24.3 Å². The van der Waals surface area contributed by atoms with Gasteiger partial charge in [-0.05, 0) is 44.4 Å². The summed E-state index contributed by atoms with van der Waals surface area (Å²) in [5.41, 5.74) is 0.116. The highest BCUT2D eigenvalue weighted by Crippen LogP contribution is 2.43. The van der Waals surface area contributed by atoms with Crippen LogP contribution in [0, 0.1) is 5.82 Å². The zero-order chi connectivity index (χ0) is 19.7. The topological polar surface area (TPSA) is 75.7 Å². The number of carbonyl (C=O) groups is 1. The molecule has 150 valence electrons. The fraction of sp³-hybridized carbons (Fsp3) is 0.632. The van der Waals surface area contributed by atoms with E-state index in [1.807, 2.05) is 13.8 Å². The molecule has 1 amide bonds. The molecule has 1 saturated carbocycles. The normalized spacial score (nSPS) is 25.6. The summed E-state index contributed by atoms with van der Waals surface area (Å²) in [4.78, 5) is 12.8. The third kappa shape index (κ3) is 4.33. The van der Waals surface area contributed by atoms with Gasteiger partial charge in [-0.1, -0.05) is 18.6 Å². The Morgan fingerprint density at radius 1 is 1.22 bits per heavy atom. The molecule has 1 aliphatic heterocycles. The van der Waals surface area contributed by atoms with Crippen molar-refractivity contribution in [2.24, 2.45) is 0 Å². The first-order chi connectivity index (χ1) is 12.7. The van der Waals surface area contributed by atoms with Crippen LogP contribution in [-0.2, 0) is 25.0 Å². The van der Waals surface area contributed by atoms with E-state index in [9.17, 15) is 17.6 Å². The molecule has 0 unspecified atom stereocenters. The summed E-state index contributed by atoms with van der Waals surface area (Å²) in [6, 6.07) is 5.99. The van der Waals surface area contributed by atoms with Gasteiger partial charge in [-0.25, -0.2) is 12.8 Å². The maximum atomic E-state index is 13.2. The van der Waals surface area contributed by atoms with Crippen molar-refractivity contribution in [2.75, 3.05) is 25.4 Å². The molecule has 0 aromatic heterocycles. The third-order valence-corrected chi connectivity index (χ3v) is 7.27. The lowest BCUT2D eigenvalue weighted by molar-refractivity contribution is -0.129. The van der Waals surface area contributed by atoms with Crippen LogP contribution in [0.4, 0.5) is 4.39 Å². The minimum Gasteiger partial charge on any atom is -0.373 e. The first-order valence-electron chi connectivity index (χ1n) is 9.40. The van der Waals surface area contributed by atoms with E-state index in [1.54, 1.807) is 12.1 Å². The zero-order valence-electron chi connectivity index (χ0n) is 15.8. The fourth-order valence-electron chi connectivity index (χ4n) is 3.90. The number of morpholine rings is 1. The second-order valence-corrected chi connectivity index (χ2v) is 9.68. The summed E-state index contributed by atoms with van der Waals surface area (Å²) in [5.74, 6) is -0.662. The van der Waals surface area contributed by atoms with Crippen LogP contribution in [0.5, 0.6) is 0 Å². The number of halogens is 1. The van der Waals surface area contributed by atoms with Gasteiger partial charge < -0.3 is 10.1 Å². The number of hydrogen-bond donors (Lipinski definition) is 1. The minimum absolute atomic E-state index is 0.0598. The fourth-order valence-corrected chi connectivity index (χ4v) is 5.39. The molecular formula is C19H27FN2O4S. The Hall–Kier alpha value is -1.51. The molecule has 2 aliphatic rings. The SMILES string of the molecule is C[C@H]1CN(S(=O)(=O)CCNC(=O)C2(c3ccc(F)cc3)CCC2)C[C@H](C)O1. The van der Waals surface area contributed by atoms with Crippen molar-refractivity contribution < 1.29 is 22.3 Å². The second kappa shape index (κ2) is 7.85. The Balaban J connectivity index is 1.59. The molecule has 1 aromatic carbocycles. The number of rotatable bonds is 6. The predicted molar refractivity (Wildman–Crippen MR) is 100 cm³/mol. The van der Waals surface area contributed by atoms with Crippen molar-refractivity contribution in [1.82, 2.24) is 9.62 Å². The molecule has 1 N–H and O–H groups in total. The van der Waals surface area contributed by atoms with E-state index < -0.39 is 15.4 Å². The van der Waals surface area contributed by atoms with Crippen LogP contribution in [0.3, 0.4) is 0 Å². The highest BCUT2D eigenvalue weighted by Gasteiger charge is 2.45. The second-order valence-electron chi connectivity index (χ2n) is 7.59. The maximum absolute atomic E-state index is 13.2. The van der Waals surface area contributed by atoms with Gasteiger partial charge in [0.2, 0.25) is 15.9 Å². The Labute approximate surface area is 160 Å². The van der Waals surface area contributed by atoms with Crippen molar-refractivity contribution in [1.29, 1.82) is 0 Å². The van der Waals surface area contributed by atoms with Gasteiger partial charge in [0.25, 0.3) is 0 Å². The first kappa shape index (κ1) is 20.2. The molecule has 1 aliphatic carbocycles. The average Bonchev–Trinajstić information content (AvgIpc) is 2.54. The molecule has 3 rings (SSSR count). The van der Waals surface area contributed by atoms with Crippen LogP contribution in [0.1, 0.15) is 38.7 Å². The maximum Gasteiger partial charge on any atom is 0.230 e. The smallest absolute Gasteiger partial charge is 0.230 e. The number of sulfonamides is 1. The monoisotopic (exact) mass is 398 g/mol. The molecule has 1 saturated heterocycles. The van der Waals surface area contributed by atoms with Gasteiger partial charge in [0.05, 0.1) is 23.4 Å². The van der Waals surface area contributed by atoms with E-state index in [0.717, 1.165) is 12.0 Å². The lowest BCUT2D eigenvalue weighted by Gasteiger charge is -2.40. The molecule has 2 fully saturated rings. The van der Waals surface area contributed by atoms with E-state index in [-0.39, 0.29) is 36.2 Å². The molecule has 2 atom stereocenters. The molecular weight excluding hydrogens is 371 g/mol. The van der Waals surface area contributed by atoms with E-state index in [2.05, 4.69) is 5.32 Å². The number of nitrogens with one attached hydrogen (secondary N) is 1. The lowest BCUT2D eigenvalue weighted by atomic mass is 9.64. The first-order valence-corrected chi connectivity index (χ1v) is 11.0. The summed E-state index contributed by atoms with van der Waals surface area (Å²) in [7, 11) is -3.46. The van der Waals surface area contributed by atoms with Crippen LogP contribution >= 0.6 is 0 Å². The Bertz CT molecular complexity index is 767. The molecule has 8 heteroatoms. The van der Waals surface area contributed by atoms with Gasteiger partial charge in [0.1, 0.15) is 5.82 Å². The molecule has 0 bridgehead atoms. The van der Waals surface area contributed by atoms with Gasteiger partial charge >= 0.3 is 0 Å².